The molecule has 2 aromatic rings. The SMILES string of the molecule is Cc1ccc(C(=O)N[C@@H](CO)[C@@H](O)c2ccc([N+](=O)[O-])cc2)cc1. The summed E-state index contributed by atoms with van der Waals surface area (Å²) in [4.78, 5) is 22.3. The molecule has 7 nitrogen and oxygen atoms in total. The highest BCUT2D eigenvalue weighted by Gasteiger charge is 2.23. The fourth-order valence-electron chi connectivity index (χ4n) is 2.21. The summed E-state index contributed by atoms with van der Waals surface area (Å²) in [6.07, 6.45) is -1.19. The number of nitrogens with one attached hydrogen (secondary N) is 1. The van der Waals surface area contributed by atoms with Crippen LogP contribution in [0, 0.1) is 17.0 Å². The van der Waals surface area contributed by atoms with Gasteiger partial charge < -0.3 is 15.5 Å². The Labute approximate surface area is 138 Å². The quantitative estimate of drug-likeness (QED) is 0.551. The van der Waals surface area contributed by atoms with E-state index in [1.165, 1.54) is 24.3 Å². The minimum absolute atomic E-state index is 0.102. The van der Waals surface area contributed by atoms with Crippen molar-refractivity contribution in [3.8, 4) is 0 Å². The first-order valence-corrected chi connectivity index (χ1v) is 7.33. The average molecular weight is 330 g/mol. The lowest BCUT2D eigenvalue weighted by molar-refractivity contribution is -0.384. The Morgan fingerprint density at radius 1 is 1.17 bits per heavy atom. The second-order valence-electron chi connectivity index (χ2n) is 5.42. The van der Waals surface area contributed by atoms with Gasteiger partial charge in [0.25, 0.3) is 11.6 Å². The highest BCUT2D eigenvalue weighted by Crippen LogP contribution is 2.20. The fourth-order valence-corrected chi connectivity index (χ4v) is 2.21. The van der Waals surface area contributed by atoms with Crippen molar-refractivity contribution in [1.29, 1.82) is 0 Å². The fraction of sp³-hybridized carbons (Fsp3) is 0.235. The maximum atomic E-state index is 12.2. The largest absolute Gasteiger partial charge is 0.394 e. The third kappa shape index (κ3) is 4.15. The van der Waals surface area contributed by atoms with Gasteiger partial charge in [-0.05, 0) is 36.8 Å². The lowest BCUT2D eigenvalue weighted by atomic mass is 10.0. The molecule has 0 bridgehead atoms. The van der Waals surface area contributed by atoms with Crippen LogP contribution in [0.1, 0.15) is 27.6 Å². The van der Waals surface area contributed by atoms with Gasteiger partial charge in [-0.25, -0.2) is 0 Å². The summed E-state index contributed by atoms with van der Waals surface area (Å²) in [6, 6.07) is 11.2. The molecule has 0 radical (unpaired) electrons. The molecule has 0 fully saturated rings. The number of nitro benzene ring substituents is 1. The van der Waals surface area contributed by atoms with Crippen LogP contribution in [0.15, 0.2) is 48.5 Å². The Morgan fingerprint density at radius 2 is 1.75 bits per heavy atom. The van der Waals surface area contributed by atoms with E-state index < -0.39 is 29.6 Å². The minimum atomic E-state index is -1.19. The van der Waals surface area contributed by atoms with Crippen molar-refractivity contribution in [1.82, 2.24) is 5.32 Å². The number of carbonyl (C=O) groups is 1. The second kappa shape index (κ2) is 7.67. The zero-order valence-corrected chi connectivity index (χ0v) is 13.0. The number of non-ortho nitro benzene ring substituents is 1. The number of hydrogen-bond donors (Lipinski definition) is 3. The van der Waals surface area contributed by atoms with Crippen LogP contribution in [-0.2, 0) is 0 Å². The summed E-state index contributed by atoms with van der Waals surface area (Å²) >= 11 is 0. The van der Waals surface area contributed by atoms with Gasteiger partial charge in [0.2, 0.25) is 0 Å². The smallest absolute Gasteiger partial charge is 0.269 e. The molecule has 0 aliphatic heterocycles. The van der Waals surface area contributed by atoms with Gasteiger partial charge in [0, 0.05) is 17.7 Å². The van der Waals surface area contributed by atoms with Crippen LogP contribution < -0.4 is 5.32 Å². The van der Waals surface area contributed by atoms with E-state index >= 15 is 0 Å². The van der Waals surface area contributed by atoms with E-state index in [4.69, 9.17) is 0 Å². The minimum Gasteiger partial charge on any atom is -0.394 e. The Morgan fingerprint density at radius 3 is 2.25 bits per heavy atom. The Hall–Kier alpha value is -2.77. The Kier molecular flexibility index (Phi) is 5.62. The lowest BCUT2D eigenvalue weighted by Gasteiger charge is -2.22. The van der Waals surface area contributed by atoms with E-state index in [0.29, 0.717) is 11.1 Å². The summed E-state index contributed by atoms with van der Waals surface area (Å²) in [5, 5.41) is 33.0. The lowest BCUT2D eigenvalue weighted by Crippen LogP contribution is -2.41. The summed E-state index contributed by atoms with van der Waals surface area (Å²) in [5.41, 5.74) is 1.69. The maximum Gasteiger partial charge on any atom is 0.269 e. The van der Waals surface area contributed by atoms with Gasteiger partial charge in [-0.15, -0.1) is 0 Å². The highest BCUT2D eigenvalue weighted by molar-refractivity contribution is 5.94. The number of benzene rings is 2. The third-order valence-corrected chi connectivity index (χ3v) is 3.65. The van der Waals surface area contributed by atoms with E-state index in [2.05, 4.69) is 5.32 Å². The van der Waals surface area contributed by atoms with Gasteiger partial charge in [-0.1, -0.05) is 17.7 Å². The standard InChI is InChI=1S/C17H18N2O5/c1-11-2-4-13(5-3-11)17(22)18-15(10-20)16(21)12-6-8-14(9-7-12)19(23)24/h2-9,15-16,20-21H,10H2,1H3,(H,18,22)/t15-,16-/m0/s1. The molecule has 0 saturated carbocycles. The topological polar surface area (TPSA) is 113 Å². The number of hydrogen-bond acceptors (Lipinski definition) is 5. The van der Waals surface area contributed by atoms with Gasteiger partial charge in [-0.2, -0.15) is 0 Å². The molecule has 0 heterocycles. The van der Waals surface area contributed by atoms with Crippen molar-refractivity contribution in [3.05, 3.63) is 75.3 Å². The Balaban J connectivity index is 2.10. The van der Waals surface area contributed by atoms with Crippen LogP contribution in [0.25, 0.3) is 0 Å². The first-order valence-electron chi connectivity index (χ1n) is 7.33. The van der Waals surface area contributed by atoms with Crippen LogP contribution in [0.2, 0.25) is 0 Å². The van der Waals surface area contributed by atoms with E-state index in [-0.39, 0.29) is 5.69 Å². The molecule has 126 valence electrons. The van der Waals surface area contributed by atoms with Crippen molar-refractivity contribution in [2.75, 3.05) is 6.61 Å². The first-order chi connectivity index (χ1) is 11.4. The normalized spacial score (nSPS) is 13.1. The van der Waals surface area contributed by atoms with Gasteiger partial charge in [-0.3, -0.25) is 14.9 Å². The molecule has 0 aliphatic carbocycles. The number of aryl methyl sites for hydroxylation is 1. The van der Waals surface area contributed by atoms with Crippen LogP contribution in [0.5, 0.6) is 0 Å². The van der Waals surface area contributed by atoms with E-state index in [1.54, 1.807) is 24.3 Å². The molecule has 2 aromatic carbocycles. The first kappa shape index (κ1) is 17.6. The zero-order chi connectivity index (χ0) is 17.7. The zero-order valence-electron chi connectivity index (χ0n) is 13.0. The third-order valence-electron chi connectivity index (χ3n) is 3.65. The summed E-state index contributed by atoms with van der Waals surface area (Å²) in [5.74, 6) is -0.421. The monoisotopic (exact) mass is 330 g/mol. The summed E-state index contributed by atoms with van der Waals surface area (Å²) in [7, 11) is 0. The number of nitrogens with zero attached hydrogens (tertiary/aromatic N) is 1. The van der Waals surface area contributed by atoms with Crippen LogP contribution in [-0.4, -0.2) is 33.7 Å². The second-order valence-corrected chi connectivity index (χ2v) is 5.42. The van der Waals surface area contributed by atoms with Crippen molar-refractivity contribution in [2.45, 2.75) is 19.1 Å². The van der Waals surface area contributed by atoms with Crippen molar-refractivity contribution in [2.24, 2.45) is 0 Å². The maximum absolute atomic E-state index is 12.2. The molecule has 0 spiro atoms. The molecular formula is C17H18N2O5. The number of rotatable bonds is 6. The predicted molar refractivity (Wildman–Crippen MR) is 87.6 cm³/mol. The molecule has 7 heteroatoms. The molecule has 0 saturated heterocycles. The van der Waals surface area contributed by atoms with Crippen molar-refractivity contribution < 1.29 is 19.9 Å². The van der Waals surface area contributed by atoms with Crippen LogP contribution >= 0.6 is 0 Å². The van der Waals surface area contributed by atoms with Crippen molar-refractivity contribution in [3.63, 3.8) is 0 Å². The number of nitro groups is 1. The summed E-state index contributed by atoms with van der Waals surface area (Å²) in [6.45, 7) is 1.42. The molecule has 0 aromatic heterocycles. The number of aliphatic hydroxyl groups excluding tert-OH is 2. The number of aliphatic hydroxyl groups is 2. The van der Waals surface area contributed by atoms with Crippen LogP contribution in [0.3, 0.4) is 0 Å². The molecule has 1 amide bonds. The van der Waals surface area contributed by atoms with E-state index in [1.807, 2.05) is 6.92 Å². The molecule has 0 aliphatic rings. The molecule has 24 heavy (non-hydrogen) atoms. The molecule has 2 rings (SSSR count). The molecule has 2 atom stereocenters. The Bertz CT molecular complexity index is 713. The van der Waals surface area contributed by atoms with E-state index in [9.17, 15) is 25.1 Å². The number of amides is 1. The van der Waals surface area contributed by atoms with Gasteiger partial charge >= 0.3 is 0 Å². The molecule has 3 N–H and O–H groups in total. The van der Waals surface area contributed by atoms with Gasteiger partial charge in [0.1, 0.15) is 6.10 Å². The van der Waals surface area contributed by atoms with Gasteiger partial charge in [0.15, 0.2) is 0 Å². The highest BCUT2D eigenvalue weighted by atomic mass is 16.6. The number of carbonyl (C=O) groups excluding carboxylic acids is 1. The van der Waals surface area contributed by atoms with E-state index in [0.717, 1.165) is 5.56 Å². The predicted octanol–water partition coefficient (Wildman–Crippen LogP) is 1.73. The summed E-state index contributed by atoms with van der Waals surface area (Å²) < 4.78 is 0. The molecule has 0 unspecified atom stereocenters. The average Bonchev–Trinajstić information content (AvgIpc) is 2.59. The van der Waals surface area contributed by atoms with Crippen molar-refractivity contribution >= 4 is 11.6 Å². The van der Waals surface area contributed by atoms with Crippen LogP contribution in [0.4, 0.5) is 5.69 Å². The molecular weight excluding hydrogens is 312 g/mol. The van der Waals surface area contributed by atoms with Gasteiger partial charge in [0.05, 0.1) is 17.6 Å².